The Morgan fingerprint density at radius 3 is 2.79 bits per heavy atom. The topological polar surface area (TPSA) is 122 Å². The third-order valence-electron chi connectivity index (χ3n) is 3.19. The van der Waals surface area contributed by atoms with Gasteiger partial charge in [-0.05, 0) is 11.6 Å². The summed E-state index contributed by atoms with van der Waals surface area (Å²) in [6.07, 6.45) is 1.92. The first-order chi connectivity index (χ1) is 11.7. The van der Waals surface area contributed by atoms with Crippen LogP contribution in [0.5, 0.6) is 0 Å². The lowest BCUT2D eigenvalue weighted by Gasteiger charge is -1.95. The molecule has 0 amide bonds. The lowest BCUT2D eigenvalue weighted by molar-refractivity contribution is -0.402. The molecule has 0 aliphatic carbocycles. The van der Waals surface area contributed by atoms with Crippen LogP contribution in [-0.4, -0.2) is 20.1 Å². The fourth-order valence-corrected chi connectivity index (χ4v) is 2.09. The van der Waals surface area contributed by atoms with Crippen molar-refractivity contribution in [1.82, 2.24) is 15.2 Å². The molecular weight excluding hydrogens is 310 g/mol. The Morgan fingerprint density at radius 2 is 2.12 bits per heavy atom. The number of nitro groups is 1. The Bertz CT molecular complexity index is 934. The Balaban J connectivity index is 1.82. The van der Waals surface area contributed by atoms with Crippen molar-refractivity contribution in [2.24, 2.45) is 0 Å². The number of hydrogen-bond donors (Lipinski definition) is 1. The molecule has 0 spiro atoms. The number of aromatic nitrogens is 3. The van der Waals surface area contributed by atoms with E-state index in [-0.39, 0.29) is 17.2 Å². The summed E-state index contributed by atoms with van der Waals surface area (Å²) in [5.74, 6) is 0.621. The Labute approximate surface area is 136 Å². The molecular formula is C16H11N5O3. The van der Waals surface area contributed by atoms with Crippen LogP contribution in [-0.2, 0) is 6.42 Å². The van der Waals surface area contributed by atoms with E-state index in [1.165, 1.54) is 18.2 Å². The summed E-state index contributed by atoms with van der Waals surface area (Å²) in [5, 5.41) is 26.7. The lowest BCUT2D eigenvalue weighted by atomic mass is 10.1. The van der Waals surface area contributed by atoms with Crippen molar-refractivity contribution in [3.63, 3.8) is 0 Å². The van der Waals surface area contributed by atoms with E-state index in [9.17, 15) is 15.4 Å². The molecule has 2 heterocycles. The first-order valence-corrected chi connectivity index (χ1v) is 6.97. The number of nitrogens with zero attached hydrogens (tertiary/aromatic N) is 4. The van der Waals surface area contributed by atoms with Gasteiger partial charge in [0.2, 0.25) is 0 Å². The fraction of sp³-hybridized carbons (Fsp3) is 0.0625. The number of furan rings is 1. The number of nitrogens with one attached hydrogen (secondary N) is 1. The van der Waals surface area contributed by atoms with Crippen LogP contribution in [0.15, 0.2) is 46.9 Å². The van der Waals surface area contributed by atoms with E-state index in [1.807, 2.05) is 36.4 Å². The van der Waals surface area contributed by atoms with Gasteiger partial charge in [0, 0.05) is 12.5 Å². The van der Waals surface area contributed by atoms with Crippen molar-refractivity contribution in [3.05, 3.63) is 75.6 Å². The second kappa shape index (κ2) is 6.58. The summed E-state index contributed by atoms with van der Waals surface area (Å²) in [5.41, 5.74) is 1.21. The van der Waals surface area contributed by atoms with Gasteiger partial charge in [-0.15, -0.1) is 0 Å². The molecule has 24 heavy (non-hydrogen) atoms. The highest BCUT2D eigenvalue weighted by Gasteiger charge is 2.14. The Morgan fingerprint density at radius 1 is 1.33 bits per heavy atom. The zero-order chi connectivity index (χ0) is 16.9. The molecule has 0 radical (unpaired) electrons. The van der Waals surface area contributed by atoms with Gasteiger partial charge >= 0.3 is 5.88 Å². The minimum absolute atomic E-state index is 0.148. The smallest absolute Gasteiger partial charge is 0.401 e. The average molecular weight is 321 g/mol. The molecule has 0 bridgehead atoms. The maximum absolute atomic E-state index is 10.6. The summed E-state index contributed by atoms with van der Waals surface area (Å²) < 4.78 is 5.01. The molecule has 0 atom stereocenters. The molecule has 8 nitrogen and oxygen atoms in total. The zero-order valence-corrected chi connectivity index (χ0v) is 12.3. The van der Waals surface area contributed by atoms with Crippen molar-refractivity contribution in [3.8, 4) is 6.07 Å². The summed E-state index contributed by atoms with van der Waals surface area (Å²) in [6.45, 7) is 0. The van der Waals surface area contributed by atoms with Gasteiger partial charge in [-0.3, -0.25) is 15.2 Å². The van der Waals surface area contributed by atoms with Crippen LogP contribution < -0.4 is 0 Å². The van der Waals surface area contributed by atoms with Gasteiger partial charge in [0.15, 0.2) is 5.82 Å². The van der Waals surface area contributed by atoms with E-state index in [2.05, 4.69) is 15.2 Å². The van der Waals surface area contributed by atoms with E-state index in [1.54, 1.807) is 0 Å². The van der Waals surface area contributed by atoms with Crippen LogP contribution in [0.25, 0.3) is 11.6 Å². The van der Waals surface area contributed by atoms with Crippen molar-refractivity contribution < 1.29 is 9.34 Å². The third kappa shape index (κ3) is 3.36. The van der Waals surface area contributed by atoms with E-state index in [0.29, 0.717) is 12.2 Å². The number of nitriles is 1. The highest BCUT2D eigenvalue weighted by atomic mass is 16.6. The van der Waals surface area contributed by atoms with Gasteiger partial charge in [-0.25, -0.2) is 4.98 Å². The highest BCUT2D eigenvalue weighted by molar-refractivity contribution is 5.85. The average Bonchev–Trinajstić information content (AvgIpc) is 3.23. The standard InChI is InChI=1S/C16H11N5O3/c17-10-12(9-13-6-7-15(24-13)21(22)23)16-18-14(19-20-16)8-11-4-2-1-3-5-11/h1-7,9H,8H2,(H,18,19,20)/b12-9+. The molecule has 0 aliphatic rings. The summed E-state index contributed by atoms with van der Waals surface area (Å²) in [6, 6.07) is 14.3. The van der Waals surface area contributed by atoms with Crippen molar-refractivity contribution >= 4 is 17.5 Å². The van der Waals surface area contributed by atoms with Crippen LogP contribution in [0, 0.1) is 21.4 Å². The first-order valence-electron chi connectivity index (χ1n) is 6.97. The predicted octanol–water partition coefficient (Wildman–Crippen LogP) is 2.96. The Hall–Kier alpha value is -3.73. The number of aromatic amines is 1. The molecule has 1 aromatic carbocycles. The maximum Gasteiger partial charge on any atom is 0.433 e. The quantitative estimate of drug-likeness (QED) is 0.438. The second-order valence-corrected chi connectivity index (χ2v) is 4.87. The minimum Gasteiger partial charge on any atom is -0.401 e. The largest absolute Gasteiger partial charge is 0.433 e. The predicted molar refractivity (Wildman–Crippen MR) is 84.5 cm³/mol. The summed E-state index contributed by atoms with van der Waals surface area (Å²) in [4.78, 5) is 14.2. The first kappa shape index (κ1) is 15.2. The number of rotatable bonds is 5. The lowest BCUT2D eigenvalue weighted by Crippen LogP contribution is -1.90. The van der Waals surface area contributed by atoms with Crippen LogP contribution in [0.2, 0.25) is 0 Å². The zero-order valence-electron chi connectivity index (χ0n) is 12.3. The molecule has 1 N–H and O–H groups in total. The molecule has 0 aliphatic heterocycles. The normalized spacial score (nSPS) is 11.2. The van der Waals surface area contributed by atoms with Crippen molar-refractivity contribution in [2.45, 2.75) is 6.42 Å². The Kier molecular flexibility index (Phi) is 4.16. The van der Waals surface area contributed by atoms with Gasteiger partial charge in [0.25, 0.3) is 0 Å². The number of benzene rings is 1. The summed E-state index contributed by atoms with van der Waals surface area (Å²) >= 11 is 0. The maximum atomic E-state index is 10.6. The SMILES string of the molecule is N#C/C(=C\c1ccc([N+](=O)[O-])o1)c1n[nH]c(Cc2ccccc2)n1. The second-order valence-electron chi connectivity index (χ2n) is 4.87. The van der Waals surface area contributed by atoms with Crippen LogP contribution in [0.3, 0.4) is 0 Å². The fourth-order valence-electron chi connectivity index (χ4n) is 2.09. The molecule has 118 valence electrons. The minimum atomic E-state index is -0.645. The number of allylic oxidation sites excluding steroid dienone is 1. The van der Waals surface area contributed by atoms with Gasteiger partial charge in [-0.1, -0.05) is 30.3 Å². The molecule has 0 saturated heterocycles. The van der Waals surface area contributed by atoms with Crippen LogP contribution in [0.1, 0.15) is 23.0 Å². The molecule has 3 aromatic rings. The molecule has 0 fully saturated rings. The number of hydrogen-bond acceptors (Lipinski definition) is 6. The summed E-state index contributed by atoms with van der Waals surface area (Å²) in [7, 11) is 0. The van der Waals surface area contributed by atoms with E-state index in [0.717, 1.165) is 5.56 Å². The van der Waals surface area contributed by atoms with Crippen LogP contribution >= 0.6 is 0 Å². The highest BCUT2D eigenvalue weighted by Crippen LogP contribution is 2.20. The molecule has 2 aromatic heterocycles. The van der Waals surface area contributed by atoms with Gasteiger partial charge < -0.3 is 4.42 Å². The van der Waals surface area contributed by atoms with Crippen LogP contribution in [0.4, 0.5) is 5.88 Å². The van der Waals surface area contributed by atoms with E-state index >= 15 is 0 Å². The van der Waals surface area contributed by atoms with E-state index < -0.39 is 10.8 Å². The molecule has 8 heteroatoms. The molecule has 0 saturated carbocycles. The van der Waals surface area contributed by atoms with Gasteiger partial charge in [0.05, 0.1) is 6.07 Å². The number of H-pyrrole nitrogens is 1. The molecule has 3 rings (SSSR count). The molecule has 0 unspecified atom stereocenters. The monoisotopic (exact) mass is 321 g/mol. The van der Waals surface area contributed by atoms with Gasteiger partial charge in [-0.2, -0.15) is 10.4 Å². The van der Waals surface area contributed by atoms with Crippen molar-refractivity contribution in [2.75, 3.05) is 0 Å². The third-order valence-corrected chi connectivity index (χ3v) is 3.19. The van der Waals surface area contributed by atoms with Crippen molar-refractivity contribution in [1.29, 1.82) is 5.26 Å². The van der Waals surface area contributed by atoms with Gasteiger partial charge in [0.1, 0.15) is 28.2 Å². The van der Waals surface area contributed by atoms with E-state index in [4.69, 9.17) is 4.42 Å².